The van der Waals surface area contributed by atoms with Crippen molar-refractivity contribution in [3.05, 3.63) is 59.7 Å². The molecule has 0 saturated heterocycles. The molecule has 0 aliphatic heterocycles. The minimum absolute atomic E-state index is 0.0333. The molecule has 0 bridgehead atoms. The van der Waals surface area contributed by atoms with E-state index in [9.17, 15) is 18.0 Å². The highest BCUT2D eigenvalue weighted by Crippen LogP contribution is 2.22. The van der Waals surface area contributed by atoms with Gasteiger partial charge in [0.05, 0.1) is 4.90 Å². The molecule has 130 valence electrons. The van der Waals surface area contributed by atoms with Gasteiger partial charge in [0.15, 0.2) is 5.78 Å². The first-order chi connectivity index (χ1) is 11.8. The number of rotatable bonds is 6. The maximum Gasteiger partial charge on any atom is 0.255 e. The molecule has 6 nitrogen and oxygen atoms in total. The zero-order valence-corrected chi connectivity index (χ0v) is 14.5. The molecule has 1 amide bonds. The number of sulfonamides is 1. The number of hydrogen-bond acceptors (Lipinski definition) is 4. The summed E-state index contributed by atoms with van der Waals surface area (Å²) in [6.07, 6.45) is 1.73. The average Bonchev–Trinajstić information content (AvgIpc) is 3.38. The van der Waals surface area contributed by atoms with Crippen LogP contribution in [0.15, 0.2) is 53.4 Å². The quantitative estimate of drug-likeness (QED) is 0.776. The molecule has 0 unspecified atom stereocenters. The largest absolute Gasteiger partial charge is 0.322 e. The standard InChI is InChI=1S/C18H18N2O4S/c1-12(21)13-2-6-15(7-3-13)19-18(22)14-4-10-17(11-5-14)25(23,24)20-16-8-9-16/h2-7,10-11,16,20H,8-9H2,1H3,(H,19,22). The molecule has 0 aromatic heterocycles. The molecule has 0 atom stereocenters. The number of nitrogens with one attached hydrogen (secondary N) is 2. The molecule has 1 saturated carbocycles. The lowest BCUT2D eigenvalue weighted by molar-refractivity contribution is 0.101. The van der Waals surface area contributed by atoms with E-state index in [1.165, 1.54) is 31.2 Å². The summed E-state index contributed by atoms with van der Waals surface area (Å²) in [4.78, 5) is 23.6. The van der Waals surface area contributed by atoms with Gasteiger partial charge >= 0.3 is 0 Å². The van der Waals surface area contributed by atoms with Gasteiger partial charge in [-0.3, -0.25) is 9.59 Å². The van der Waals surface area contributed by atoms with E-state index in [0.29, 0.717) is 16.8 Å². The number of Topliss-reactive ketones (excluding diaryl/α,β-unsaturated/α-hetero) is 1. The van der Waals surface area contributed by atoms with Crippen molar-refractivity contribution in [2.75, 3.05) is 5.32 Å². The third kappa shape index (κ3) is 4.32. The van der Waals surface area contributed by atoms with Gasteiger partial charge in [-0.1, -0.05) is 0 Å². The van der Waals surface area contributed by atoms with Crippen LogP contribution in [0.1, 0.15) is 40.5 Å². The zero-order chi connectivity index (χ0) is 18.0. The fraction of sp³-hybridized carbons (Fsp3) is 0.222. The third-order valence-electron chi connectivity index (χ3n) is 3.88. The molecular weight excluding hydrogens is 340 g/mol. The van der Waals surface area contributed by atoms with Gasteiger partial charge in [0.2, 0.25) is 10.0 Å². The minimum Gasteiger partial charge on any atom is -0.322 e. The third-order valence-corrected chi connectivity index (χ3v) is 5.41. The van der Waals surface area contributed by atoms with E-state index in [0.717, 1.165) is 12.8 Å². The van der Waals surface area contributed by atoms with E-state index in [1.54, 1.807) is 24.3 Å². The summed E-state index contributed by atoms with van der Waals surface area (Å²) < 4.78 is 26.8. The van der Waals surface area contributed by atoms with Crippen LogP contribution in [-0.2, 0) is 10.0 Å². The lowest BCUT2D eigenvalue weighted by Crippen LogP contribution is -2.25. The van der Waals surface area contributed by atoms with Crippen molar-refractivity contribution in [1.29, 1.82) is 0 Å². The highest BCUT2D eigenvalue weighted by atomic mass is 32.2. The van der Waals surface area contributed by atoms with Crippen molar-refractivity contribution >= 4 is 27.4 Å². The summed E-state index contributed by atoms with van der Waals surface area (Å²) in [5.74, 6) is -0.399. The van der Waals surface area contributed by atoms with Gasteiger partial charge in [-0.05, 0) is 68.3 Å². The molecule has 2 aromatic carbocycles. The van der Waals surface area contributed by atoms with Gasteiger partial charge in [-0.2, -0.15) is 0 Å². The van der Waals surface area contributed by atoms with Gasteiger partial charge in [0.1, 0.15) is 0 Å². The second kappa shape index (κ2) is 6.78. The van der Waals surface area contributed by atoms with Gasteiger partial charge in [-0.25, -0.2) is 13.1 Å². The predicted octanol–water partition coefficient (Wildman–Crippen LogP) is 2.58. The van der Waals surface area contributed by atoms with Crippen LogP contribution in [0.4, 0.5) is 5.69 Å². The van der Waals surface area contributed by atoms with Crippen LogP contribution in [-0.4, -0.2) is 26.2 Å². The Morgan fingerprint density at radius 1 is 0.920 bits per heavy atom. The maximum atomic E-state index is 12.2. The van der Waals surface area contributed by atoms with Crippen molar-refractivity contribution in [2.45, 2.75) is 30.7 Å². The van der Waals surface area contributed by atoms with E-state index in [1.807, 2.05) is 0 Å². The minimum atomic E-state index is -3.52. The maximum absolute atomic E-state index is 12.2. The van der Waals surface area contributed by atoms with E-state index in [4.69, 9.17) is 0 Å². The van der Waals surface area contributed by atoms with Crippen molar-refractivity contribution in [1.82, 2.24) is 4.72 Å². The molecule has 1 fully saturated rings. The smallest absolute Gasteiger partial charge is 0.255 e. The predicted molar refractivity (Wildman–Crippen MR) is 94.2 cm³/mol. The van der Waals surface area contributed by atoms with Gasteiger partial charge in [0.25, 0.3) is 5.91 Å². The second-order valence-corrected chi connectivity index (χ2v) is 7.72. The Balaban J connectivity index is 1.69. The Kier molecular flexibility index (Phi) is 4.69. The lowest BCUT2D eigenvalue weighted by Gasteiger charge is -2.08. The Bertz CT molecular complexity index is 899. The summed E-state index contributed by atoms with van der Waals surface area (Å²) in [5, 5.41) is 2.71. The topological polar surface area (TPSA) is 92.3 Å². The Hall–Kier alpha value is -2.51. The number of ketones is 1. The first-order valence-corrected chi connectivity index (χ1v) is 9.38. The molecule has 2 N–H and O–H groups in total. The molecule has 1 aliphatic carbocycles. The number of anilines is 1. The fourth-order valence-corrected chi connectivity index (χ4v) is 3.57. The van der Waals surface area contributed by atoms with Gasteiger partial charge < -0.3 is 5.32 Å². The number of amides is 1. The molecule has 3 rings (SSSR count). The van der Waals surface area contributed by atoms with Gasteiger partial charge in [0, 0.05) is 22.9 Å². The number of carbonyl (C=O) groups excluding carboxylic acids is 2. The fourth-order valence-electron chi connectivity index (χ4n) is 2.27. The van der Waals surface area contributed by atoms with Crippen LogP contribution >= 0.6 is 0 Å². The van der Waals surface area contributed by atoms with Crippen LogP contribution < -0.4 is 10.0 Å². The number of carbonyl (C=O) groups is 2. The molecule has 25 heavy (non-hydrogen) atoms. The first-order valence-electron chi connectivity index (χ1n) is 7.90. The number of hydrogen-bond donors (Lipinski definition) is 2. The van der Waals surface area contributed by atoms with E-state index in [-0.39, 0.29) is 22.6 Å². The average molecular weight is 358 g/mol. The van der Waals surface area contributed by atoms with Crippen LogP contribution in [0.25, 0.3) is 0 Å². The monoisotopic (exact) mass is 358 g/mol. The number of benzene rings is 2. The summed E-state index contributed by atoms with van der Waals surface area (Å²) in [6.45, 7) is 1.47. The highest BCUT2D eigenvalue weighted by Gasteiger charge is 2.27. The lowest BCUT2D eigenvalue weighted by atomic mass is 10.1. The highest BCUT2D eigenvalue weighted by molar-refractivity contribution is 7.89. The van der Waals surface area contributed by atoms with Crippen LogP contribution in [0.5, 0.6) is 0 Å². The Labute approximate surface area is 146 Å². The molecule has 0 heterocycles. The van der Waals surface area contributed by atoms with E-state index in [2.05, 4.69) is 10.0 Å². The summed E-state index contributed by atoms with van der Waals surface area (Å²) >= 11 is 0. The molecule has 2 aromatic rings. The Morgan fingerprint density at radius 3 is 2.00 bits per heavy atom. The first kappa shape index (κ1) is 17.3. The molecular formula is C18H18N2O4S. The van der Waals surface area contributed by atoms with E-state index >= 15 is 0 Å². The summed E-state index contributed by atoms with van der Waals surface area (Å²) in [7, 11) is -3.52. The van der Waals surface area contributed by atoms with Crippen LogP contribution in [0.2, 0.25) is 0 Å². The van der Waals surface area contributed by atoms with Crippen molar-refractivity contribution in [3.63, 3.8) is 0 Å². The Morgan fingerprint density at radius 2 is 1.48 bits per heavy atom. The zero-order valence-electron chi connectivity index (χ0n) is 13.7. The van der Waals surface area contributed by atoms with Crippen molar-refractivity contribution in [3.8, 4) is 0 Å². The van der Waals surface area contributed by atoms with Crippen molar-refractivity contribution < 1.29 is 18.0 Å². The summed E-state index contributed by atoms with van der Waals surface area (Å²) in [5.41, 5.74) is 1.47. The van der Waals surface area contributed by atoms with Gasteiger partial charge in [-0.15, -0.1) is 0 Å². The van der Waals surface area contributed by atoms with Crippen LogP contribution in [0, 0.1) is 0 Å². The van der Waals surface area contributed by atoms with Crippen molar-refractivity contribution in [2.24, 2.45) is 0 Å². The SMILES string of the molecule is CC(=O)c1ccc(NC(=O)c2ccc(S(=O)(=O)NC3CC3)cc2)cc1. The molecule has 7 heteroatoms. The normalized spacial score (nSPS) is 14.1. The molecule has 1 aliphatic rings. The van der Waals surface area contributed by atoms with E-state index < -0.39 is 10.0 Å². The molecule has 0 spiro atoms. The van der Waals surface area contributed by atoms with Crippen LogP contribution in [0.3, 0.4) is 0 Å². The molecule has 0 radical (unpaired) electrons. The summed E-state index contributed by atoms with van der Waals surface area (Å²) in [6, 6.07) is 12.4. The second-order valence-electron chi connectivity index (χ2n) is 6.01.